The molecule has 0 aliphatic carbocycles. The monoisotopic (exact) mass is 434 g/mol. The third-order valence-corrected chi connectivity index (χ3v) is 4.68. The van der Waals surface area contributed by atoms with Gasteiger partial charge in [0, 0.05) is 37.6 Å². The molecule has 3 aromatic rings. The van der Waals surface area contributed by atoms with Crippen LogP contribution in [0.2, 0.25) is 0 Å². The van der Waals surface area contributed by atoms with Crippen molar-refractivity contribution in [2.24, 2.45) is 0 Å². The number of furan rings is 1. The largest absolute Gasteiger partial charge is 0.459 e. The summed E-state index contributed by atoms with van der Waals surface area (Å²) in [6.45, 7) is 0.0642. The standard InChI is InChI=1S/C24H26N4O4/c1-28(2)23(30)13-10-17-8-11-18(12-9-17)26-22(29)16-25-19-5-3-6-20(15-19)27-24(31)21-7-4-14-32-21/h3-9,11-12,14-15,25H,10,13,16H2,1-2H3,(H,26,29)(H,27,31). The summed E-state index contributed by atoms with van der Waals surface area (Å²) in [5, 5.41) is 8.61. The average molecular weight is 434 g/mol. The van der Waals surface area contributed by atoms with Gasteiger partial charge in [-0.3, -0.25) is 14.4 Å². The average Bonchev–Trinajstić information content (AvgIpc) is 3.32. The molecule has 0 fully saturated rings. The Balaban J connectivity index is 1.46. The van der Waals surface area contributed by atoms with E-state index >= 15 is 0 Å². The van der Waals surface area contributed by atoms with Crippen LogP contribution in [-0.2, 0) is 16.0 Å². The second-order valence-corrected chi connectivity index (χ2v) is 7.40. The molecule has 0 aliphatic rings. The van der Waals surface area contributed by atoms with Gasteiger partial charge in [-0.05, 0) is 54.4 Å². The van der Waals surface area contributed by atoms with Crippen molar-refractivity contribution >= 4 is 34.8 Å². The van der Waals surface area contributed by atoms with Crippen LogP contribution < -0.4 is 16.0 Å². The van der Waals surface area contributed by atoms with Crippen LogP contribution in [0.25, 0.3) is 0 Å². The van der Waals surface area contributed by atoms with Crippen LogP contribution in [0.5, 0.6) is 0 Å². The summed E-state index contributed by atoms with van der Waals surface area (Å²) in [7, 11) is 3.48. The maximum atomic E-state index is 12.3. The van der Waals surface area contributed by atoms with Gasteiger partial charge in [0.15, 0.2) is 5.76 Å². The lowest BCUT2D eigenvalue weighted by molar-refractivity contribution is -0.128. The van der Waals surface area contributed by atoms with E-state index in [2.05, 4.69) is 16.0 Å². The second-order valence-electron chi connectivity index (χ2n) is 7.40. The Hall–Kier alpha value is -4.07. The van der Waals surface area contributed by atoms with Gasteiger partial charge in [-0.2, -0.15) is 0 Å². The van der Waals surface area contributed by atoms with Gasteiger partial charge in [0.1, 0.15) is 0 Å². The van der Waals surface area contributed by atoms with Crippen molar-refractivity contribution in [1.29, 1.82) is 0 Å². The third kappa shape index (κ3) is 6.73. The number of hydrogen-bond acceptors (Lipinski definition) is 5. The van der Waals surface area contributed by atoms with Crippen LogP contribution in [0.3, 0.4) is 0 Å². The number of carbonyl (C=O) groups excluding carboxylic acids is 3. The summed E-state index contributed by atoms with van der Waals surface area (Å²) in [4.78, 5) is 37.6. The molecule has 1 aromatic heterocycles. The SMILES string of the molecule is CN(C)C(=O)CCc1ccc(NC(=O)CNc2cccc(NC(=O)c3ccco3)c2)cc1. The van der Waals surface area contributed by atoms with E-state index in [1.165, 1.54) is 6.26 Å². The van der Waals surface area contributed by atoms with Crippen molar-refractivity contribution in [3.05, 3.63) is 78.3 Å². The predicted molar refractivity (Wildman–Crippen MR) is 124 cm³/mol. The first kappa shape index (κ1) is 22.6. The first-order valence-corrected chi connectivity index (χ1v) is 10.2. The zero-order valence-electron chi connectivity index (χ0n) is 18.1. The quantitative estimate of drug-likeness (QED) is 0.477. The van der Waals surface area contributed by atoms with Gasteiger partial charge in [0.25, 0.3) is 5.91 Å². The molecule has 3 amide bonds. The molecule has 2 aromatic carbocycles. The Morgan fingerprint density at radius 2 is 1.62 bits per heavy atom. The highest BCUT2D eigenvalue weighted by atomic mass is 16.3. The van der Waals surface area contributed by atoms with Crippen molar-refractivity contribution in [3.8, 4) is 0 Å². The number of anilines is 3. The summed E-state index contributed by atoms with van der Waals surface area (Å²) < 4.78 is 5.08. The zero-order chi connectivity index (χ0) is 22.9. The fraction of sp³-hybridized carbons (Fsp3) is 0.208. The molecular weight excluding hydrogens is 408 g/mol. The van der Waals surface area contributed by atoms with Gasteiger partial charge in [-0.1, -0.05) is 18.2 Å². The molecule has 3 rings (SSSR count). The number of carbonyl (C=O) groups is 3. The number of rotatable bonds is 9. The van der Waals surface area contributed by atoms with E-state index in [1.54, 1.807) is 55.4 Å². The lowest BCUT2D eigenvalue weighted by atomic mass is 10.1. The van der Waals surface area contributed by atoms with E-state index in [9.17, 15) is 14.4 Å². The lowest BCUT2D eigenvalue weighted by Crippen LogP contribution is -2.22. The zero-order valence-corrected chi connectivity index (χ0v) is 18.1. The number of nitrogens with one attached hydrogen (secondary N) is 3. The smallest absolute Gasteiger partial charge is 0.291 e. The van der Waals surface area contributed by atoms with Crippen molar-refractivity contribution in [3.63, 3.8) is 0 Å². The minimum absolute atomic E-state index is 0.0642. The molecule has 8 nitrogen and oxygen atoms in total. The normalized spacial score (nSPS) is 10.3. The van der Waals surface area contributed by atoms with E-state index < -0.39 is 0 Å². The Morgan fingerprint density at radius 1 is 0.875 bits per heavy atom. The van der Waals surface area contributed by atoms with Crippen LogP contribution in [0.1, 0.15) is 22.5 Å². The van der Waals surface area contributed by atoms with Crippen LogP contribution >= 0.6 is 0 Å². The molecule has 166 valence electrons. The Morgan fingerprint density at radius 3 is 2.31 bits per heavy atom. The molecule has 0 unspecified atom stereocenters. The van der Waals surface area contributed by atoms with Gasteiger partial charge in [-0.15, -0.1) is 0 Å². The first-order chi connectivity index (χ1) is 15.4. The number of amides is 3. The fourth-order valence-electron chi connectivity index (χ4n) is 2.92. The Bertz CT molecular complexity index is 1060. The highest BCUT2D eigenvalue weighted by Gasteiger charge is 2.09. The van der Waals surface area contributed by atoms with E-state index in [-0.39, 0.29) is 30.0 Å². The molecule has 8 heteroatoms. The Labute approximate surface area is 186 Å². The number of aryl methyl sites for hydroxylation is 1. The summed E-state index contributed by atoms with van der Waals surface area (Å²) in [5.41, 5.74) is 2.99. The molecule has 0 bridgehead atoms. The second kappa shape index (κ2) is 10.8. The van der Waals surface area contributed by atoms with E-state index in [0.29, 0.717) is 29.9 Å². The van der Waals surface area contributed by atoms with Gasteiger partial charge < -0.3 is 25.3 Å². The van der Waals surface area contributed by atoms with Crippen LogP contribution in [0.15, 0.2) is 71.3 Å². The van der Waals surface area contributed by atoms with Gasteiger partial charge in [0.2, 0.25) is 11.8 Å². The van der Waals surface area contributed by atoms with Crippen LogP contribution in [0, 0.1) is 0 Å². The summed E-state index contributed by atoms with van der Waals surface area (Å²) in [6.07, 6.45) is 2.54. The van der Waals surface area contributed by atoms with Crippen LogP contribution in [-0.4, -0.2) is 43.3 Å². The summed E-state index contributed by atoms with van der Waals surface area (Å²) in [6, 6.07) is 17.7. The molecular formula is C24H26N4O4. The summed E-state index contributed by atoms with van der Waals surface area (Å²) >= 11 is 0. The van der Waals surface area contributed by atoms with E-state index in [0.717, 1.165) is 5.56 Å². The number of nitrogens with zero attached hydrogens (tertiary/aromatic N) is 1. The third-order valence-electron chi connectivity index (χ3n) is 4.68. The molecule has 0 spiro atoms. The highest BCUT2D eigenvalue weighted by molar-refractivity contribution is 6.02. The fourth-order valence-corrected chi connectivity index (χ4v) is 2.92. The molecule has 0 aliphatic heterocycles. The molecule has 0 radical (unpaired) electrons. The first-order valence-electron chi connectivity index (χ1n) is 10.2. The highest BCUT2D eigenvalue weighted by Crippen LogP contribution is 2.16. The molecule has 32 heavy (non-hydrogen) atoms. The number of hydrogen-bond donors (Lipinski definition) is 3. The van der Waals surface area contributed by atoms with Gasteiger partial charge in [0.05, 0.1) is 12.8 Å². The minimum atomic E-state index is -0.348. The molecule has 0 atom stereocenters. The maximum Gasteiger partial charge on any atom is 0.291 e. The molecule has 1 heterocycles. The Kier molecular flexibility index (Phi) is 7.64. The molecule has 3 N–H and O–H groups in total. The molecule has 0 saturated carbocycles. The van der Waals surface area contributed by atoms with Crippen LogP contribution in [0.4, 0.5) is 17.1 Å². The maximum absolute atomic E-state index is 12.3. The minimum Gasteiger partial charge on any atom is -0.459 e. The van der Waals surface area contributed by atoms with E-state index in [4.69, 9.17) is 4.42 Å². The number of benzene rings is 2. The summed E-state index contributed by atoms with van der Waals surface area (Å²) in [5.74, 6) is -0.249. The van der Waals surface area contributed by atoms with Gasteiger partial charge >= 0.3 is 0 Å². The van der Waals surface area contributed by atoms with Crippen molar-refractivity contribution in [2.75, 3.05) is 36.6 Å². The predicted octanol–water partition coefficient (Wildman–Crippen LogP) is 3.60. The van der Waals surface area contributed by atoms with E-state index in [1.807, 2.05) is 24.3 Å². The molecule has 0 saturated heterocycles. The van der Waals surface area contributed by atoms with Crippen molar-refractivity contribution in [1.82, 2.24) is 4.90 Å². The topological polar surface area (TPSA) is 104 Å². The van der Waals surface area contributed by atoms with Crippen molar-refractivity contribution in [2.45, 2.75) is 12.8 Å². The van der Waals surface area contributed by atoms with Gasteiger partial charge in [-0.25, -0.2) is 0 Å². The lowest BCUT2D eigenvalue weighted by Gasteiger charge is -2.11. The van der Waals surface area contributed by atoms with Crippen molar-refractivity contribution < 1.29 is 18.8 Å².